The molecule has 1 rings (SSSR count). The molecule has 1 aromatic rings. The summed E-state index contributed by atoms with van der Waals surface area (Å²) in [5.74, 6) is -4.89. The third kappa shape index (κ3) is 12.1. The van der Waals surface area contributed by atoms with Gasteiger partial charge in [0.1, 0.15) is 18.1 Å². The Morgan fingerprint density at radius 1 is 0.892 bits per heavy atom. The molecule has 0 aliphatic heterocycles. The second-order valence-electron chi connectivity index (χ2n) is 8.12. The van der Waals surface area contributed by atoms with Crippen molar-refractivity contribution in [1.29, 1.82) is 0 Å². The van der Waals surface area contributed by atoms with Gasteiger partial charge in [-0.3, -0.25) is 24.2 Å². The highest BCUT2D eigenvalue weighted by Crippen LogP contribution is 2.06. The van der Waals surface area contributed by atoms with E-state index in [-0.39, 0.29) is 31.1 Å². The van der Waals surface area contributed by atoms with E-state index in [4.69, 9.17) is 22.9 Å². The minimum absolute atomic E-state index is 0.0790. The summed E-state index contributed by atoms with van der Waals surface area (Å²) in [7, 11) is 0. The molecule has 0 aromatic heterocycles. The summed E-state index contributed by atoms with van der Waals surface area (Å²) in [6.45, 7) is 0.281. The average molecular weight is 539 g/mol. The number of guanidine groups is 1. The minimum atomic E-state index is -1.58. The first-order valence-electron chi connectivity index (χ1n) is 11.3. The molecule has 37 heavy (non-hydrogen) atoms. The zero-order chi connectivity index (χ0) is 28.0. The van der Waals surface area contributed by atoms with Crippen LogP contribution in [0.1, 0.15) is 24.8 Å². The van der Waals surface area contributed by atoms with Gasteiger partial charge in [-0.2, -0.15) is 12.6 Å². The first-order valence-corrected chi connectivity index (χ1v) is 12.0. The number of carboxylic acid groups (broad SMARTS) is 1. The standard InChI is InChI=1S/C22H34N8O6S/c23-13(7-4-8-27-22(25)26)18(32)28-14(9-12-5-2-1-3-6-12)19(33)30-16(11-37)20(34)29-15(21(35)36)10-17(24)31/h1-3,5-6,13-16,37H,4,7-11,23H2,(H2,24,31)(H,28,32)(H,29,34)(H,30,33)(H,35,36)(H4,25,26,27). The number of carbonyl (C=O) groups is 5. The second kappa shape index (κ2) is 16.0. The molecular formula is C22H34N8O6S. The van der Waals surface area contributed by atoms with Gasteiger partial charge in [0.15, 0.2) is 5.96 Å². The van der Waals surface area contributed by atoms with Crippen molar-refractivity contribution in [2.45, 2.75) is 49.9 Å². The highest BCUT2D eigenvalue weighted by molar-refractivity contribution is 7.80. The number of rotatable bonds is 16. The topological polar surface area (TPSA) is 258 Å². The van der Waals surface area contributed by atoms with Gasteiger partial charge in [-0.15, -0.1) is 0 Å². The molecule has 204 valence electrons. The van der Waals surface area contributed by atoms with Gasteiger partial charge in [-0.1, -0.05) is 30.3 Å². The highest BCUT2D eigenvalue weighted by atomic mass is 32.1. The molecule has 0 heterocycles. The molecule has 0 aliphatic rings. The van der Waals surface area contributed by atoms with E-state index in [2.05, 4.69) is 33.6 Å². The molecule has 0 saturated carbocycles. The predicted molar refractivity (Wildman–Crippen MR) is 139 cm³/mol. The van der Waals surface area contributed by atoms with Crippen molar-refractivity contribution in [3.05, 3.63) is 35.9 Å². The van der Waals surface area contributed by atoms with Crippen LogP contribution in [0.25, 0.3) is 0 Å². The van der Waals surface area contributed by atoms with Crippen molar-refractivity contribution in [2.75, 3.05) is 12.3 Å². The van der Waals surface area contributed by atoms with Gasteiger partial charge in [0.05, 0.1) is 12.5 Å². The maximum Gasteiger partial charge on any atom is 0.326 e. The van der Waals surface area contributed by atoms with E-state index in [1.807, 2.05) is 0 Å². The van der Waals surface area contributed by atoms with Crippen LogP contribution < -0.4 is 38.9 Å². The lowest BCUT2D eigenvalue weighted by Gasteiger charge is -2.24. The minimum Gasteiger partial charge on any atom is -0.480 e. The molecule has 4 atom stereocenters. The van der Waals surface area contributed by atoms with E-state index in [1.54, 1.807) is 30.3 Å². The van der Waals surface area contributed by atoms with Crippen molar-refractivity contribution in [1.82, 2.24) is 16.0 Å². The van der Waals surface area contributed by atoms with E-state index in [9.17, 15) is 29.1 Å². The van der Waals surface area contributed by atoms with Crippen molar-refractivity contribution >= 4 is 48.2 Å². The Morgan fingerprint density at radius 2 is 1.46 bits per heavy atom. The fourth-order valence-electron chi connectivity index (χ4n) is 3.13. The lowest BCUT2D eigenvalue weighted by Crippen LogP contribution is -2.58. The Kier molecular flexibility index (Phi) is 13.5. The Labute approximate surface area is 219 Å². The van der Waals surface area contributed by atoms with Crippen LogP contribution in [0, 0.1) is 0 Å². The number of aliphatic imine (C=N–C) groups is 1. The maximum atomic E-state index is 13.1. The van der Waals surface area contributed by atoms with Crippen LogP contribution in [0.5, 0.6) is 0 Å². The molecule has 15 heteroatoms. The van der Waals surface area contributed by atoms with Crippen LogP contribution in [-0.2, 0) is 30.4 Å². The van der Waals surface area contributed by atoms with Gasteiger partial charge in [0.25, 0.3) is 0 Å². The summed E-state index contributed by atoms with van der Waals surface area (Å²) in [6.07, 6.45) is 0.127. The number of nitrogens with one attached hydrogen (secondary N) is 3. The fourth-order valence-corrected chi connectivity index (χ4v) is 3.39. The largest absolute Gasteiger partial charge is 0.480 e. The SMILES string of the molecule is NC(=O)CC(NC(=O)C(CS)NC(=O)C(Cc1ccccc1)NC(=O)C(N)CCCN=C(N)N)C(=O)O. The lowest BCUT2D eigenvalue weighted by atomic mass is 10.0. The van der Waals surface area contributed by atoms with E-state index in [1.165, 1.54) is 0 Å². The molecular weight excluding hydrogens is 504 g/mol. The maximum absolute atomic E-state index is 13.1. The molecule has 0 aliphatic carbocycles. The number of nitrogens with zero attached hydrogens (tertiary/aromatic N) is 1. The highest BCUT2D eigenvalue weighted by Gasteiger charge is 2.30. The van der Waals surface area contributed by atoms with Gasteiger partial charge < -0.3 is 44.0 Å². The summed E-state index contributed by atoms with van der Waals surface area (Å²) in [5.41, 5.74) is 22.2. The van der Waals surface area contributed by atoms with Gasteiger partial charge in [0, 0.05) is 18.7 Å². The summed E-state index contributed by atoms with van der Waals surface area (Å²) in [6, 6.07) is 3.90. The predicted octanol–water partition coefficient (Wildman–Crippen LogP) is -3.05. The number of primary amides is 1. The molecule has 14 nitrogen and oxygen atoms in total. The summed E-state index contributed by atoms with van der Waals surface area (Å²) in [5, 5.41) is 16.4. The van der Waals surface area contributed by atoms with Gasteiger partial charge in [-0.05, 0) is 18.4 Å². The first kappa shape index (κ1) is 31.2. The number of carboxylic acids is 1. The molecule has 0 radical (unpaired) electrons. The summed E-state index contributed by atoms with van der Waals surface area (Å²) >= 11 is 4.06. The average Bonchev–Trinajstić information content (AvgIpc) is 2.83. The van der Waals surface area contributed by atoms with Crippen molar-refractivity contribution in [2.24, 2.45) is 27.9 Å². The normalized spacial score (nSPS) is 13.8. The van der Waals surface area contributed by atoms with Gasteiger partial charge >= 0.3 is 5.97 Å². The van der Waals surface area contributed by atoms with Crippen LogP contribution in [0.15, 0.2) is 35.3 Å². The number of hydrogen-bond acceptors (Lipinski definition) is 8. The smallest absolute Gasteiger partial charge is 0.326 e. The fraction of sp³-hybridized carbons (Fsp3) is 0.455. The van der Waals surface area contributed by atoms with Crippen LogP contribution in [0.3, 0.4) is 0 Å². The third-order valence-electron chi connectivity index (χ3n) is 5.06. The van der Waals surface area contributed by atoms with E-state index in [0.29, 0.717) is 6.42 Å². The molecule has 0 fully saturated rings. The van der Waals surface area contributed by atoms with Crippen LogP contribution in [0.2, 0.25) is 0 Å². The molecule has 4 unspecified atom stereocenters. The second-order valence-corrected chi connectivity index (χ2v) is 8.48. The third-order valence-corrected chi connectivity index (χ3v) is 5.42. The zero-order valence-corrected chi connectivity index (χ0v) is 21.0. The molecule has 0 spiro atoms. The van der Waals surface area contributed by atoms with Crippen molar-refractivity contribution in [3.8, 4) is 0 Å². The van der Waals surface area contributed by atoms with Gasteiger partial charge in [-0.25, -0.2) is 4.79 Å². The molecule has 0 bridgehead atoms. The number of benzene rings is 1. The van der Waals surface area contributed by atoms with Crippen LogP contribution >= 0.6 is 12.6 Å². The molecule has 1 aromatic carbocycles. The quantitative estimate of drug-likeness (QED) is 0.0447. The molecule has 4 amide bonds. The number of thiol groups is 1. The number of nitrogens with two attached hydrogens (primary N) is 4. The van der Waals surface area contributed by atoms with E-state index < -0.39 is 60.2 Å². The first-order chi connectivity index (χ1) is 17.4. The lowest BCUT2D eigenvalue weighted by molar-refractivity contribution is -0.143. The van der Waals surface area contributed by atoms with Crippen LogP contribution in [0.4, 0.5) is 0 Å². The number of hydrogen-bond donors (Lipinski definition) is 9. The monoisotopic (exact) mass is 538 g/mol. The summed E-state index contributed by atoms with van der Waals surface area (Å²) in [4.78, 5) is 64.6. The van der Waals surface area contributed by atoms with Gasteiger partial charge in [0.2, 0.25) is 23.6 Å². The molecule has 0 saturated heterocycles. The number of carbonyl (C=O) groups excluding carboxylic acids is 4. The Balaban J connectivity index is 2.94. The number of aliphatic carboxylic acids is 1. The Bertz CT molecular complexity index is 973. The number of amides is 4. The van der Waals surface area contributed by atoms with E-state index in [0.717, 1.165) is 5.56 Å². The Hall–Kier alpha value is -3.85. The molecule has 12 N–H and O–H groups in total. The van der Waals surface area contributed by atoms with Crippen molar-refractivity contribution in [3.63, 3.8) is 0 Å². The van der Waals surface area contributed by atoms with Crippen molar-refractivity contribution < 1.29 is 29.1 Å². The van der Waals surface area contributed by atoms with E-state index >= 15 is 0 Å². The zero-order valence-electron chi connectivity index (χ0n) is 20.1. The van der Waals surface area contributed by atoms with Crippen LogP contribution in [-0.4, -0.2) is 77.1 Å². The Morgan fingerprint density at radius 3 is 2.00 bits per heavy atom. The summed E-state index contributed by atoms with van der Waals surface area (Å²) < 4.78 is 0.